The Hall–Kier alpha value is -3.50. The standard InChI is InChI=1S/C21H24N8O2/c30-7-4-28-15-18(13-23-28)25-21-22-11-17-12-24-29(20(17)26-21)14-16-2-1-3-19(10-16)27-5-8-31-9-6-27/h1-3,10-13,15,30H,4-9,14H2,(H,22,25,26). The molecule has 3 aromatic heterocycles. The number of aliphatic hydroxyl groups is 1. The van der Waals surface area contributed by atoms with Crippen molar-refractivity contribution in [1.29, 1.82) is 0 Å². The Morgan fingerprint density at radius 3 is 2.87 bits per heavy atom. The average molecular weight is 420 g/mol. The second-order valence-electron chi connectivity index (χ2n) is 7.38. The molecule has 0 spiro atoms. The summed E-state index contributed by atoms with van der Waals surface area (Å²) < 4.78 is 9.00. The number of benzene rings is 1. The molecule has 0 unspecified atom stereocenters. The van der Waals surface area contributed by atoms with Gasteiger partial charge in [-0.05, 0) is 17.7 Å². The summed E-state index contributed by atoms with van der Waals surface area (Å²) in [6.07, 6.45) is 7.02. The van der Waals surface area contributed by atoms with Gasteiger partial charge >= 0.3 is 0 Å². The van der Waals surface area contributed by atoms with Crippen LogP contribution in [-0.2, 0) is 17.8 Å². The van der Waals surface area contributed by atoms with Gasteiger partial charge in [0.25, 0.3) is 0 Å². The van der Waals surface area contributed by atoms with Gasteiger partial charge in [-0.2, -0.15) is 15.2 Å². The van der Waals surface area contributed by atoms with Gasteiger partial charge in [0.2, 0.25) is 5.95 Å². The third kappa shape index (κ3) is 4.35. The molecule has 4 heterocycles. The van der Waals surface area contributed by atoms with Crippen LogP contribution in [0.25, 0.3) is 11.0 Å². The van der Waals surface area contributed by atoms with Crippen LogP contribution in [0.15, 0.2) is 49.1 Å². The lowest BCUT2D eigenvalue weighted by atomic mass is 10.2. The molecule has 1 saturated heterocycles. The molecule has 0 atom stereocenters. The summed E-state index contributed by atoms with van der Waals surface area (Å²) in [4.78, 5) is 11.4. The third-order valence-corrected chi connectivity index (χ3v) is 5.21. The van der Waals surface area contributed by atoms with E-state index in [0.717, 1.165) is 48.6 Å². The second-order valence-corrected chi connectivity index (χ2v) is 7.38. The van der Waals surface area contributed by atoms with Crippen LogP contribution in [0.3, 0.4) is 0 Å². The van der Waals surface area contributed by atoms with Crippen molar-refractivity contribution >= 4 is 28.4 Å². The molecule has 2 N–H and O–H groups in total. The van der Waals surface area contributed by atoms with Gasteiger partial charge in [-0.1, -0.05) is 12.1 Å². The molecule has 31 heavy (non-hydrogen) atoms. The van der Waals surface area contributed by atoms with E-state index in [1.165, 1.54) is 5.69 Å². The summed E-state index contributed by atoms with van der Waals surface area (Å²) >= 11 is 0. The van der Waals surface area contributed by atoms with E-state index >= 15 is 0 Å². The number of anilines is 3. The van der Waals surface area contributed by atoms with E-state index in [1.54, 1.807) is 29.5 Å². The fourth-order valence-corrected chi connectivity index (χ4v) is 3.67. The molecular formula is C21H24N8O2. The van der Waals surface area contributed by atoms with E-state index < -0.39 is 0 Å². The first kappa shape index (κ1) is 19.5. The SMILES string of the molecule is OCCn1cc(Nc2ncc3cnn(Cc4cccc(N5CCOCC5)c4)c3n2)cn1. The first-order valence-corrected chi connectivity index (χ1v) is 10.3. The average Bonchev–Trinajstić information content (AvgIpc) is 3.42. The Labute approximate surface area is 179 Å². The van der Waals surface area contributed by atoms with Crippen molar-refractivity contribution < 1.29 is 9.84 Å². The highest BCUT2D eigenvalue weighted by Gasteiger charge is 2.13. The van der Waals surface area contributed by atoms with Gasteiger partial charge < -0.3 is 20.1 Å². The molecule has 160 valence electrons. The highest BCUT2D eigenvalue weighted by atomic mass is 16.5. The normalized spacial score (nSPS) is 14.3. The molecule has 0 aliphatic carbocycles. The number of nitrogens with zero attached hydrogens (tertiary/aromatic N) is 7. The maximum absolute atomic E-state index is 9.03. The zero-order valence-electron chi connectivity index (χ0n) is 17.1. The van der Waals surface area contributed by atoms with E-state index in [4.69, 9.17) is 9.84 Å². The number of fused-ring (bicyclic) bond motifs is 1. The molecule has 0 bridgehead atoms. The van der Waals surface area contributed by atoms with Crippen molar-refractivity contribution in [2.24, 2.45) is 0 Å². The molecule has 5 rings (SSSR count). The summed E-state index contributed by atoms with van der Waals surface area (Å²) in [5.74, 6) is 0.472. The van der Waals surface area contributed by atoms with Crippen LogP contribution in [0.2, 0.25) is 0 Å². The van der Waals surface area contributed by atoms with Crippen molar-refractivity contribution in [3.8, 4) is 0 Å². The Balaban J connectivity index is 1.36. The zero-order valence-corrected chi connectivity index (χ0v) is 17.1. The number of hydrogen-bond donors (Lipinski definition) is 2. The number of rotatable bonds is 7. The lowest BCUT2D eigenvalue weighted by Crippen LogP contribution is -2.36. The molecule has 10 nitrogen and oxygen atoms in total. The van der Waals surface area contributed by atoms with E-state index in [2.05, 4.69) is 54.6 Å². The molecule has 0 amide bonds. The predicted molar refractivity (Wildman–Crippen MR) is 116 cm³/mol. The minimum Gasteiger partial charge on any atom is -0.394 e. The van der Waals surface area contributed by atoms with Crippen molar-refractivity contribution in [3.63, 3.8) is 0 Å². The number of aliphatic hydroxyl groups excluding tert-OH is 1. The predicted octanol–water partition coefficient (Wildman–Crippen LogP) is 1.64. The lowest BCUT2D eigenvalue weighted by molar-refractivity contribution is 0.122. The van der Waals surface area contributed by atoms with Gasteiger partial charge in [-0.3, -0.25) is 4.68 Å². The number of morpholine rings is 1. The monoisotopic (exact) mass is 420 g/mol. The van der Waals surface area contributed by atoms with Crippen LogP contribution >= 0.6 is 0 Å². The molecule has 1 aromatic carbocycles. The van der Waals surface area contributed by atoms with Gasteiger partial charge in [0.15, 0.2) is 5.65 Å². The molecule has 1 fully saturated rings. The first-order valence-electron chi connectivity index (χ1n) is 10.3. The van der Waals surface area contributed by atoms with Gasteiger partial charge in [-0.15, -0.1) is 0 Å². The summed E-state index contributed by atoms with van der Waals surface area (Å²) in [6.45, 7) is 4.44. The number of aromatic nitrogens is 6. The number of nitrogens with one attached hydrogen (secondary N) is 1. The van der Waals surface area contributed by atoms with Gasteiger partial charge in [0.1, 0.15) is 0 Å². The smallest absolute Gasteiger partial charge is 0.229 e. The molecule has 1 aliphatic rings. The topological polar surface area (TPSA) is 106 Å². The molecule has 10 heteroatoms. The summed E-state index contributed by atoms with van der Waals surface area (Å²) in [5.41, 5.74) is 3.88. The number of ether oxygens (including phenoxy) is 1. The van der Waals surface area contributed by atoms with E-state index in [1.807, 2.05) is 4.68 Å². The third-order valence-electron chi connectivity index (χ3n) is 5.21. The fraction of sp³-hybridized carbons (Fsp3) is 0.333. The highest BCUT2D eigenvalue weighted by molar-refractivity contribution is 5.75. The van der Waals surface area contributed by atoms with Crippen LogP contribution in [0.5, 0.6) is 0 Å². The Morgan fingerprint density at radius 1 is 1.10 bits per heavy atom. The van der Waals surface area contributed by atoms with Crippen molar-refractivity contribution in [1.82, 2.24) is 29.5 Å². The fourth-order valence-electron chi connectivity index (χ4n) is 3.67. The summed E-state index contributed by atoms with van der Waals surface area (Å²) in [5, 5.41) is 21.8. The van der Waals surface area contributed by atoms with Crippen LogP contribution in [0.4, 0.5) is 17.3 Å². The molecular weight excluding hydrogens is 396 g/mol. The first-order chi connectivity index (χ1) is 15.3. The van der Waals surface area contributed by atoms with Gasteiger partial charge in [0, 0.05) is 31.2 Å². The molecule has 1 aliphatic heterocycles. The minimum absolute atomic E-state index is 0.0372. The van der Waals surface area contributed by atoms with Gasteiger partial charge in [-0.25, -0.2) is 9.67 Å². The summed E-state index contributed by atoms with van der Waals surface area (Å²) in [7, 11) is 0. The Kier molecular flexibility index (Phi) is 5.46. The maximum atomic E-state index is 9.03. The van der Waals surface area contributed by atoms with E-state index in [0.29, 0.717) is 19.0 Å². The van der Waals surface area contributed by atoms with Crippen LogP contribution in [0, 0.1) is 0 Å². The van der Waals surface area contributed by atoms with Crippen LogP contribution in [-0.4, -0.2) is 67.5 Å². The quantitative estimate of drug-likeness (QED) is 0.465. The Morgan fingerprint density at radius 2 is 2.00 bits per heavy atom. The Bertz CT molecular complexity index is 1170. The lowest BCUT2D eigenvalue weighted by Gasteiger charge is -2.29. The number of hydrogen-bond acceptors (Lipinski definition) is 8. The van der Waals surface area contributed by atoms with Crippen LogP contribution < -0.4 is 10.2 Å². The van der Waals surface area contributed by atoms with Crippen molar-refractivity contribution in [3.05, 3.63) is 54.6 Å². The van der Waals surface area contributed by atoms with Crippen molar-refractivity contribution in [2.45, 2.75) is 13.1 Å². The van der Waals surface area contributed by atoms with Crippen molar-refractivity contribution in [2.75, 3.05) is 43.1 Å². The van der Waals surface area contributed by atoms with E-state index in [9.17, 15) is 0 Å². The van der Waals surface area contributed by atoms with E-state index in [-0.39, 0.29) is 6.61 Å². The zero-order chi connectivity index (χ0) is 21.0. The second kappa shape index (κ2) is 8.70. The minimum atomic E-state index is 0.0372. The molecule has 4 aromatic rings. The molecule has 0 radical (unpaired) electrons. The highest BCUT2D eigenvalue weighted by Crippen LogP contribution is 2.20. The summed E-state index contributed by atoms with van der Waals surface area (Å²) in [6, 6.07) is 8.52. The maximum Gasteiger partial charge on any atom is 0.229 e. The van der Waals surface area contributed by atoms with Crippen LogP contribution in [0.1, 0.15) is 5.56 Å². The van der Waals surface area contributed by atoms with Gasteiger partial charge in [0.05, 0.1) is 56.4 Å². The largest absolute Gasteiger partial charge is 0.394 e. The molecule has 0 saturated carbocycles.